The Morgan fingerprint density at radius 1 is 1.15 bits per heavy atom. The van der Waals surface area contributed by atoms with Crippen LogP contribution in [0.15, 0.2) is 18.5 Å². The highest BCUT2D eigenvalue weighted by Gasteiger charge is 2.26. The van der Waals surface area contributed by atoms with E-state index in [2.05, 4.69) is 4.98 Å². The molecule has 0 unspecified atom stereocenters. The molecule has 6 nitrogen and oxygen atoms in total. The molecule has 0 aliphatic carbocycles. The second kappa shape index (κ2) is 5.90. The van der Waals surface area contributed by atoms with Gasteiger partial charge in [-0.2, -0.15) is 0 Å². The number of nitrogens with zero attached hydrogens (tertiary/aromatic N) is 4. The highest BCUT2D eigenvalue weighted by molar-refractivity contribution is 5.95. The first kappa shape index (κ1) is 14.3. The highest BCUT2D eigenvalue weighted by atomic mass is 16.2. The van der Waals surface area contributed by atoms with Gasteiger partial charge in [-0.1, -0.05) is 0 Å². The number of urea groups is 1. The number of rotatable bonds is 1. The van der Waals surface area contributed by atoms with Crippen molar-refractivity contribution in [3.63, 3.8) is 0 Å². The Morgan fingerprint density at radius 3 is 2.30 bits per heavy atom. The normalized spacial score (nSPS) is 15.2. The van der Waals surface area contributed by atoms with Gasteiger partial charge in [0.1, 0.15) is 0 Å². The maximum absolute atomic E-state index is 12.4. The van der Waals surface area contributed by atoms with E-state index in [1.165, 1.54) is 0 Å². The fourth-order valence-corrected chi connectivity index (χ4v) is 2.24. The Bertz CT molecular complexity index is 508. The van der Waals surface area contributed by atoms with Crippen LogP contribution in [0.5, 0.6) is 0 Å². The first-order valence-corrected chi connectivity index (χ1v) is 6.67. The Kier molecular flexibility index (Phi) is 4.22. The molecule has 2 heterocycles. The summed E-state index contributed by atoms with van der Waals surface area (Å²) in [6, 6.07) is 1.83. The van der Waals surface area contributed by atoms with Gasteiger partial charge in [0.25, 0.3) is 5.91 Å². The van der Waals surface area contributed by atoms with Crippen LogP contribution in [0.2, 0.25) is 0 Å². The number of carbonyl (C=O) groups is 2. The number of carbonyl (C=O) groups excluding carboxylic acids is 2. The molecular weight excluding hydrogens is 256 g/mol. The van der Waals surface area contributed by atoms with Gasteiger partial charge < -0.3 is 14.7 Å². The molecule has 108 valence electrons. The molecule has 2 rings (SSSR count). The highest BCUT2D eigenvalue weighted by Crippen LogP contribution is 2.12. The van der Waals surface area contributed by atoms with Gasteiger partial charge in [0.2, 0.25) is 0 Å². The number of piperazine rings is 1. The van der Waals surface area contributed by atoms with E-state index in [-0.39, 0.29) is 11.9 Å². The molecular formula is C14H20N4O2. The fraction of sp³-hybridized carbons (Fsp3) is 0.500. The van der Waals surface area contributed by atoms with E-state index in [1.807, 2.05) is 13.0 Å². The molecule has 1 aromatic rings. The smallest absolute Gasteiger partial charge is 0.319 e. The number of amides is 3. The number of pyridine rings is 1. The SMILES string of the molecule is Cc1ccncc1C(=O)N1CCN(C(=O)N(C)C)CC1. The number of aryl methyl sites for hydroxylation is 1. The van der Waals surface area contributed by atoms with Crippen molar-refractivity contribution in [3.05, 3.63) is 29.6 Å². The third-order valence-electron chi connectivity index (χ3n) is 3.49. The van der Waals surface area contributed by atoms with Crippen LogP contribution in [0.1, 0.15) is 15.9 Å². The summed E-state index contributed by atoms with van der Waals surface area (Å²) in [4.78, 5) is 33.4. The van der Waals surface area contributed by atoms with Gasteiger partial charge in [0.15, 0.2) is 0 Å². The zero-order valence-electron chi connectivity index (χ0n) is 12.2. The molecule has 6 heteroatoms. The van der Waals surface area contributed by atoms with E-state index < -0.39 is 0 Å². The summed E-state index contributed by atoms with van der Waals surface area (Å²) in [5, 5.41) is 0. The van der Waals surface area contributed by atoms with Crippen LogP contribution in [0.25, 0.3) is 0 Å². The lowest BCUT2D eigenvalue weighted by atomic mass is 10.1. The van der Waals surface area contributed by atoms with Crippen molar-refractivity contribution in [2.45, 2.75) is 6.92 Å². The summed E-state index contributed by atoms with van der Waals surface area (Å²) in [5.74, 6) is -0.00690. The van der Waals surface area contributed by atoms with E-state index in [0.29, 0.717) is 31.7 Å². The molecule has 1 aromatic heterocycles. The second-order valence-electron chi connectivity index (χ2n) is 5.15. The molecule has 0 saturated carbocycles. The van der Waals surface area contributed by atoms with E-state index in [9.17, 15) is 9.59 Å². The third kappa shape index (κ3) is 2.89. The molecule has 0 atom stereocenters. The summed E-state index contributed by atoms with van der Waals surface area (Å²) in [6.07, 6.45) is 3.29. The van der Waals surface area contributed by atoms with E-state index in [1.54, 1.807) is 41.2 Å². The Morgan fingerprint density at radius 2 is 1.75 bits per heavy atom. The maximum Gasteiger partial charge on any atom is 0.319 e. The molecule has 1 fully saturated rings. The van der Waals surface area contributed by atoms with Crippen LogP contribution in [-0.2, 0) is 0 Å². The minimum absolute atomic E-state index is 0.00495. The van der Waals surface area contributed by atoms with E-state index in [4.69, 9.17) is 0 Å². The minimum Gasteiger partial charge on any atom is -0.335 e. The third-order valence-corrected chi connectivity index (χ3v) is 3.49. The van der Waals surface area contributed by atoms with E-state index in [0.717, 1.165) is 5.56 Å². The molecule has 0 aromatic carbocycles. The first-order chi connectivity index (χ1) is 9.50. The standard InChI is InChI=1S/C14H20N4O2/c1-11-4-5-15-10-12(11)13(19)17-6-8-18(9-7-17)14(20)16(2)3/h4-5,10H,6-9H2,1-3H3. The summed E-state index contributed by atoms with van der Waals surface area (Å²) >= 11 is 0. The van der Waals surface area contributed by atoms with Crippen LogP contribution in [0.3, 0.4) is 0 Å². The molecule has 0 spiro atoms. The predicted molar refractivity (Wildman–Crippen MR) is 75.5 cm³/mol. The lowest BCUT2D eigenvalue weighted by Crippen LogP contribution is -2.52. The largest absolute Gasteiger partial charge is 0.335 e. The number of hydrogen-bond donors (Lipinski definition) is 0. The van der Waals surface area contributed by atoms with Crippen molar-refractivity contribution in [1.82, 2.24) is 19.7 Å². The summed E-state index contributed by atoms with van der Waals surface area (Å²) in [7, 11) is 3.47. The lowest BCUT2D eigenvalue weighted by molar-refractivity contribution is 0.0649. The van der Waals surface area contributed by atoms with Crippen molar-refractivity contribution in [2.75, 3.05) is 40.3 Å². The van der Waals surface area contributed by atoms with Gasteiger partial charge in [0.05, 0.1) is 5.56 Å². The van der Waals surface area contributed by atoms with Crippen molar-refractivity contribution < 1.29 is 9.59 Å². The molecule has 0 radical (unpaired) electrons. The van der Waals surface area contributed by atoms with Crippen LogP contribution in [-0.4, -0.2) is 71.9 Å². The monoisotopic (exact) mass is 276 g/mol. The number of hydrogen-bond acceptors (Lipinski definition) is 3. The summed E-state index contributed by atoms with van der Waals surface area (Å²) < 4.78 is 0. The van der Waals surface area contributed by atoms with Crippen molar-refractivity contribution >= 4 is 11.9 Å². The van der Waals surface area contributed by atoms with Gasteiger partial charge in [-0.25, -0.2) is 4.79 Å². The van der Waals surface area contributed by atoms with Gasteiger partial charge >= 0.3 is 6.03 Å². The first-order valence-electron chi connectivity index (χ1n) is 6.67. The number of aromatic nitrogens is 1. The molecule has 1 aliphatic heterocycles. The van der Waals surface area contributed by atoms with Crippen LogP contribution in [0, 0.1) is 6.92 Å². The zero-order chi connectivity index (χ0) is 14.7. The zero-order valence-corrected chi connectivity index (χ0v) is 12.2. The van der Waals surface area contributed by atoms with Gasteiger partial charge in [-0.15, -0.1) is 0 Å². The Hall–Kier alpha value is -2.11. The minimum atomic E-state index is -0.00690. The maximum atomic E-state index is 12.4. The average molecular weight is 276 g/mol. The van der Waals surface area contributed by atoms with Crippen molar-refractivity contribution in [2.24, 2.45) is 0 Å². The van der Waals surface area contributed by atoms with Gasteiger partial charge in [0, 0.05) is 52.7 Å². The fourth-order valence-electron chi connectivity index (χ4n) is 2.24. The molecule has 1 aliphatic rings. The van der Waals surface area contributed by atoms with Gasteiger partial charge in [-0.05, 0) is 18.6 Å². The lowest BCUT2D eigenvalue weighted by Gasteiger charge is -2.36. The van der Waals surface area contributed by atoms with Crippen LogP contribution >= 0.6 is 0 Å². The predicted octanol–water partition coefficient (Wildman–Crippen LogP) is 0.829. The summed E-state index contributed by atoms with van der Waals surface area (Å²) in [6.45, 7) is 4.17. The van der Waals surface area contributed by atoms with Gasteiger partial charge in [-0.3, -0.25) is 9.78 Å². The van der Waals surface area contributed by atoms with Crippen molar-refractivity contribution in [1.29, 1.82) is 0 Å². The Labute approximate surface area is 119 Å². The van der Waals surface area contributed by atoms with E-state index >= 15 is 0 Å². The molecule has 0 bridgehead atoms. The quantitative estimate of drug-likeness (QED) is 0.763. The molecule has 1 saturated heterocycles. The topological polar surface area (TPSA) is 56.8 Å². The van der Waals surface area contributed by atoms with Crippen LogP contribution in [0.4, 0.5) is 4.79 Å². The summed E-state index contributed by atoms with van der Waals surface area (Å²) in [5.41, 5.74) is 1.57. The second-order valence-corrected chi connectivity index (χ2v) is 5.15. The average Bonchev–Trinajstić information content (AvgIpc) is 2.46. The molecule has 20 heavy (non-hydrogen) atoms. The Balaban J connectivity index is 1.99. The molecule has 0 N–H and O–H groups in total. The van der Waals surface area contributed by atoms with Crippen LogP contribution < -0.4 is 0 Å². The molecule has 3 amide bonds. The van der Waals surface area contributed by atoms with Crippen molar-refractivity contribution in [3.8, 4) is 0 Å².